The van der Waals surface area contributed by atoms with Gasteiger partial charge in [0.25, 0.3) is 0 Å². The van der Waals surface area contributed by atoms with E-state index in [1.807, 2.05) is 49.0 Å². The number of amides is 1. The van der Waals surface area contributed by atoms with Gasteiger partial charge >= 0.3 is 0 Å². The highest BCUT2D eigenvalue weighted by Crippen LogP contribution is 2.29. The summed E-state index contributed by atoms with van der Waals surface area (Å²) in [4.78, 5) is 20.1. The summed E-state index contributed by atoms with van der Waals surface area (Å²) in [6, 6.07) is 5.72. The molecule has 0 aliphatic rings. The first-order valence-electron chi connectivity index (χ1n) is 8.66. The van der Waals surface area contributed by atoms with Crippen molar-refractivity contribution >= 4 is 16.8 Å². The van der Waals surface area contributed by atoms with Crippen LogP contribution in [0.15, 0.2) is 36.8 Å². The SMILES string of the molecule is CCOc1cccc2[nH]cc(CC(=O)N[C@H](C)c3nccn3CC)c12. The number of aromatic nitrogens is 3. The Morgan fingerprint density at radius 2 is 2.24 bits per heavy atom. The van der Waals surface area contributed by atoms with Gasteiger partial charge in [-0.2, -0.15) is 0 Å². The molecule has 2 aromatic heterocycles. The van der Waals surface area contributed by atoms with Crippen LogP contribution in [0.25, 0.3) is 10.9 Å². The second-order valence-electron chi connectivity index (χ2n) is 5.96. The maximum Gasteiger partial charge on any atom is 0.225 e. The highest BCUT2D eigenvalue weighted by atomic mass is 16.5. The number of rotatable bonds is 7. The second-order valence-corrected chi connectivity index (χ2v) is 5.96. The van der Waals surface area contributed by atoms with Crippen LogP contribution in [-0.4, -0.2) is 27.0 Å². The third kappa shape index (κ3) is 3.52. The minimum atomic E-state index is -0.140. The average Bonchev–Trinajstić information content (AvgIpc) is 3.22. The van der Waals surface area contributed by atoms with Crippen molar-refractivity contribution in [3.8, 4) is 5.75 Å². The van der Waals surface area contributed by atoms with Gasteiger partial charge in [-0.25, -0.2) is 4.98 Å². The van der Waals surface area contributed by atoms with Crippen LogP contribution in [-0.2, 0) is 17.8 Å². The van der Waals surface area contributed by atoms with Crippen LogP contribution in [0.1, 0.15) is 38.2 Å². The van der Waals surface area contributed by atoms with Crippen LogP contribution in [0.5, 0.6) is 5.75 Å². The molecular formula is C19H24N4O2. The lowest BCUT2D eigenvalue weighted by Gasteiger charge is -2.15. The number of hydrogen-bond acceptors (Lipinski definition) is 3. The summed E-state index contributed by atoms with van der Waals surface area (Å²) < 4.78 is 7.74. The Labute approximate surface area is 147 Å². The topological polar surface area (TPSA) is 71.9 Å². The van der Waals surface area contributed by atoms with Gasteiger partial charge in [-0.05, 0) is 38.5 Å². The minimum Gasteiger partial charge on any atom is -0.493 e. The van der Waals surface area contributed by atoms with E-state index < -0.39 is 0 Å². The van der Waals surface area contributed by atoms with Crippen LogP contribution in [0.2, 0.25) is 0 Å². The average molecular weight is 340 g/mol. The standard InChI is InChI=1S/C19H24N4O2/c1-4-23-10-9-20-19(23)13(3)22-17(24)11-14-12-21-15-7-6-8-16(18(14)15)25-5-2/h6-10,12-13,21H,4-5,11H2,1-3H3,(H,22,24)/t13-/m1/s1. The number of carbonyl (C=O) groups is 1. The highest BCUT2D eigenvalue weighted by Gasteiger charge is 2.17. The summed E-state index contributed by atoms with van der Waals surface area (Å²) in [5.74, 6) is 1.63. The summed E-state index contributed by atoms with van der Waals surface area (Å²) in [6.07, 6.45) is 5.85. The molecule has 0 aliphatic heterocycles. The molecule has 6 nitrogen and oxygen atoms in total. The predicted molar refractivity (Wildman–Crippen MR) is 97.6 cm³/mol. The Kier molecular flexibility index (Phi) is 5.07. The molecule has 2 heterocycles. The van der Waals surface area contributed by atoms with Gasteiger partial charge in [0.2, 0.25) is 5.91 Å². The van der Waals surface area contributed by atoms with E-state index in [2.05, 4.69) is 22.2 Å². The summed E-state index contributed by atoms with van der Waals surface area (Å²) in [7, 11) is 0. The van der Waals surface area contributed by atoms with Crippen molar-refractivity contribution in [3.63, 3.8) is 0 Å². The number of carbonyl (C=O) groups excluding carboxylic acids is 1. The van der Waals surface area contributed by atoms with Crippen molar-refractivity contribution in [2.24, 2.45) is 0 Å². The Hall–Kier alpha value is -2.76. The van der Waals surface area contributed by atoms with Crippen LogP contribution in [0, 0.1) is 0 Å². The van der Waals surface area contributed by atoms with Crippen LogP contribution in [0.4, 0.5) is 0 Å². The number of nitrogens with zero attached hydrogens (tertiary/aromatic N) is 2. The molecule has 0 saturated carbocycles. The predicted octanol–water partition coefficient (Wildman–Crippen LogP) is 3.20. The van der Waals surface area contributed by atoms with Crippen LogP contribution in [0.3, 0.4) is 0 Å². The molecule has 132 valence electrons. The molecule has 0 aliphatic carbocycles. The van der Waals surface area contributed by atoms with E-state index in [4.69, 9.17) is 4.74 Å². The van der Waals surface area contributed by atoms with Crippen molar-refractivity contribution < 1.29 is 9.53 Å². The summed E-state index contributed by atoms with van der Waals surface area (Å²) in [5, 5.41) is 4.01. The Morgan fingerprint density at radius 3 is 3.00 bits per heavy atom. The molecule has 25 heavy (non-hydrogen) atoms. The quantitative estimate of drug-likeness (QED) is 0.694. The molecule has 1 atom stereocenters. The number of aromatic amines is 1. The fourth-order valence-electron chi connectivity index (χ4n) is 3.13. The van der Waals surface area contributed by atoms with E-state index in [1.165, 1.54) is 0 Å². The molecule has 1 aromatic carbocycles. The lowest BCUT2D eigenvalue weighted by atomic mass is 10.1. The fraction of sp³-hybridized carbons (Fsp3) is 0.368. The molecule has 3 aromatic rings. The monoisotopic (exact) mass is 340 g/mol. The Balaban J connectivity index is 1.76. The number of aryl methyl sites for hydroxylation is 1. The first kappa shape index (κ1) is 17.1. The number of imidazole rings is 1. The molecule has 0 unspecified atom stereocenters. The minimum absolute atomic E-state index is 0.0367. The Morgan fingerprint density at radius 1 is 1.40 bits per heavy atom. The van der Waals surface area contributed by atoms with Crippen molar-refractivity contribution in [3.05, 3.63) is 48.2 Å². The molecule has 0 fully saturated rings. The summed E-state index contributed by atoms with van der Waals surface area (Å²) >= 11 is 0. The number of ether oxygens (including phenoxy) is 1. The van der Waals surface area contributed by atoms with Crippen molar-refractivity contribution in [1.82, 2.24) is 19.9 Å². The van der Waals surface area contributed by atoms with Gasteiger partial charge in [-0.15, -0.1) is 0 Å². The van der Waals surface area contributed by atoms with Gasteiger partial charge in [0.05, 0.1) is 19.1 Å². The highest BCUT2D eigenvalue weighted by molar-refractivity contribution is 5.93. The number of nitrogens with one attached hydrogen (secondary N) is 2. The van der Waals surface area contributed by atoms with E-state index in [1.54, 1.807) is 6.20 Å². The van der Waals surface area contributed by atoms with E-state index in [9.17, 15) is 4.79 Å². The third-order valence-corrected chi connectivity index (χ3v) is 4.25. The third-order valence-electron chi connectivity index (χ3n) is 4.25. The lowest BCUT2D eigenvalue weighted by Crippen LogP contribution is -2.29. The van der Waals surface area contributed by atoms with Crippen LogP contribution < -0.4 is 10.1 Å². The fourth-order valence-corrected chi connectivity index (χ4v) is 3.13. The summed E-state index contributed by atoms with van der Waals surface area (Å²) in [6.45, 7) is 7.38. The number of H-pyrrole nitrogens is 1. The molecule has 0 bridgehead atoms. The van der Waals surface area contributed by atoms with Gasteiger partial charge in [-0.3, -0.25) is 4.79 Å². The first-order chi connectivity index (χ1) is 12.1. The molecule has 0 saturated heterocycles. The van der Waals surface area contributed by atoms with Gasteiger partial charge in [0, 0.05) is 36.0 Å². The van der Waals surface area contributed by atoms with E-state index in [0.29, 0.717) is 13.0 Å². The zero-order chi connectivity index (χ0) is 17.8. The number of fused-ring (bicyclic) bond motifs is 1. The normalized spacial score (nSPS) is 12.3. The second kappa shape index (κ2) is 7.42. The van der Waals surface area contributed by atoms with Crippen LogP contribution >= 0.6 is 0 Å². The smallest absolute Gasteiger partial charge is 0.225 e. The maximum absolute atomic E-state index is 12.5. The van der Waals surface area contributed by atoms with Gasteiger partial charge in [0.1, 0.15) is 11.6 Å². The molecular weight excluding hydrogens is 316 g/mol. The molecule has 6 heteroatoms. The van der Waals surface area contributed by atoms with Gasteiger partial charge in [0.15, 0.2) is 0 Å². The largest absolute Gasteiger partial charge is 0.493 e. The molecule has 0 radical (unpaired) electrons. The molecule has 0 spiro atoms. The first-order valence-corrected chi connectivity index (χ1v) is 8.66. The van der Waals surface area contributed by atoms with Gasteiger partial charge in [-0.1, -0.05) is 6.07 Å². The Bertz CT molecular complexity index is 865. The van der Waals surface area contributed by atoms with Crippen molar-refractivity contribution in [1.29, 1.82) is 0 Å². The van der Waals surface area contributed by atoms with Crippen molar-refractivity contribution in [2.75, 3.05) is 6.61 Å². The molecule has 3 rings (SSSR count). The number of benzene rings is 1. The van der Waals surface area contributed by atoms with E-state index in [-0.39, 0.29) is 11.9 Å². The zero-order valence-corrected chi connectivity index (χ0v) is 14.9. The summed E-state index contributed by atoms with van der Waals surface area (Å²) in [5.41, 5.74) is 1.91. The maximum atomic E-state index is 12.5. The van der Waals surface area contributed by atoms with Gasteiger partial charge < -0.3 is 19.6 Å². The molecule has 2 N–H and O–H groups in total. The lowest BCUT2D eigenvalue weighted by molar-refractivity contribution is -0.121. The molecule has 1 amide bonds. The van der Waals surface area contributed by atoms with Crippen molar-refractivity contribution in [2.45, 2.75) is 39.8 Å². The zero-order valence-electron chi connectivity index (χ0n) is 14.9. The number of hydrogen-bond donors (Lipinski definition) is 2. The van der Waals surface area contributed by atoms with E-state index >= 15 is 0 Å². The van der Waals surface area contributed by atoms with E-state index in [0.717, 1.165) is 34.6 Å².